The van der Waals surface area contributed by atoms with Gasteiger partial charge >= 0.3 is 0 Å². The normalized spacial score (nSPS) is 14.7. The number of hydrogen-bond acceptors (Lipinski definition) is 5. The number of carbonyl (C=O) groups excluding carboxylic acids is 2. The summed E-state index contributed by atoms with van der Waals surface area (Å²) in [4.78, 5) is 40.3. The number of halogens is 1. The third-order valence-corrected chi connectivity index (χ3v) is 5.95. The molecule has 6 nitrogen and oxygen atoms in total. The van der Waals surface area contributed by atoms with Crippen LogP contribution in [0.4, 0.5) is 10.1 Å². The molecule has 3 aromatic carbocycles. The summed E-state index contributed by atoms with van der Waals surface area (Å²) >= 11 is 0. The standard InChI is InChI=1S/C28H20FNO5/c1-3-14-34-21-11-6-18(7-12-21)25-24-26(32)22-15-19(29)8-13-23(22)35-27(24)28(33)30(25)20-9-4-17(5-10-20)16(2)31/h3-13,15,25H,1,14H2,2H3. The third kappa shape index (κ3) is 3.81. The summed E-state index contributed by atoms with van der Waals surface area (Å²) < 4.78 is 25.3. The fraction of sp³-hybridized carbons (Fsp3) is 0.107. The van der Waals surface area contributed by atoms with Gasteiger partial charge in [-0.3, -0.25) is 19.3 Å². The van der Waals surface area contributed by atoms with E-state index in [2.05, 4.69) is 6.58 Å². The maximum atomic E-state index is 13.9. The van der Waals surface area contributed by atoms with Gasteiger partial charge in [0, 0.05) is 11.3 Å². The molecule has 0 N–H and O–H groups in total. The van der Waals surface area contributed by atoms with Crippen molar-refractivity contribution in [3.8, 4) is 5.75 Å². The van der Waals surface area contributed by atoms with Crippen LogP contribution in [0.1, 0.15) is 45.0 Å². The summed E-state index contributed by atoms with van der Waals surface area (Å²) in [6, 6.07) is 16.3. The molecule has 1 amide bonds. The molecule has 0 fully saturated rings. The predicted octanol–water partition coefficient (Wildman–Crippen LogP) is 5.45. The summed E-state index contributed by atoms with van der Waals surface area (Å²) in [5.74, 6) is -0.684. The zero-order valence-corrected chi connectivity index (χ0v) is 18.8. The lowest BCUT2D eigenvalue weighted by atomic mass is 9.98. The third-order valence-electron chi connectivity index (χ3n) is 5.95. The summed E-state index contributed by atoms with van der Waals surface area (Å²) in [7, 11) is 0. The van der Waals surface area contributed by atoms with Gasteiger partial charge in [0.05, 0.1) is 17.0 Å². The molecule has 7 heteroatoms. The van der Waals surface area contributed by atoms with E-state index in [0.717, 1.165) is 6.07 Å². The van der Waals surface area contributed by atoms with E-state index >= 15 is 0 Å². The van der Waals surface area contributed by atoms with Gasteiger partial charge in [-0.1, -0.05) is 24.8 Å². The van der Waals surface area contributed by atoms with E-state index in [-0.39, 0.29) is 28.1 Å². The van der Waals surface area contributed by atoms with Crippen molar-refractivity contribution in [1.29, 1.82) is 0 Å². The number of benzene rings is 3. The Balaban J connectivity index is 1.71. The Morgan fingerprint density at radius 2 is 1.80 bits per heavy atom. The first kappa shape index (κ1) is 22.3. The first-order valence-electron chi connectivity index (χ1n) is 10.9. The Kier molecular flexibility index (Phi) is 5.53. The average Bonchev–Trinajstić information content (AvgIpc) is 3.16. The number of Topliss-reactive ketones (excluding diaryl/α,β-unsaturated/α-hetero) is 1. The van der Waals surface area contributed by atoms with Gasteiger partial charge in [0.1, 0.15) is 23.8 Å². The van der Waals surface area contributed by atoms with Crippen molar-refractivity contribution in [3.05, 3.63) is 118 Å². The van der Waals surface area contributed by atoms with E-state index in [0.29, 0.717) is 29.2 Å². The molecule has 35 heavy (non-hydrogen) atoms. The molecule has 1 aromatic heterocycles. The highest BCUT2D eigenvalue weighted by molar-refractivity contribution is 6.11. The van der Waals surface area contributed by atoms with Gasteiger partial charge in [-0.25, -0.2) is 4.39 Å². The summed E-state index contributed by atoms with van der Waals surface area (Å²) in [6.07, 6.45) is 1.63. The quantitative estimate of drug-likeness (QED) is 0.277. The van der Waals surface area contributed by atoms with Crippen LogP contribution >= 0.6 is 0 Å². The molecule has 174 valence electrons. The van der Waals surface area contributed by atoms with Crippen LogP contribution in [0.15, 0.2) is 88.6 Å². The number of nitrogens with zero attached hydrogens (tertiary/aromatic N) is 1. The van der Waals surface area contributed by atoms with Crippen molar-refractivity contribution >= 4 is 28.3 Å². The zero-order chi connectivity index (χ0) is 24.7. The number of hydrogen-bond donors (Lipinski definition) is 0. The average molecular weight is 469 g/mol. The van der Waals surface area contributed by atoms with Crippen LogP contribution in [-0.4, -0.2) is 18.3 Å². The van der Waals surface area contributed by atoms with Gasteiger partial charge in [0.15, 0.2) is 11.2 Å². The fourth-order valence-electron chi connectivity index (χ4n) is 4.29. The van der Waals surface area contributed by atoms with Crippen LogP contribution in [-0.2, 0) is 0 Å². The Bertz CT molecular complexity index is 1540. The van der Waals surface area contributed by atoms with Gasteiger partial charge in [-0.15, -0.1) is 0 Å². The van der Waals surface area contributed by atoms with E-state index in [1.165, 1.54) is 24.0 Å². The molecule has 2 heterocycles. The lowest BCUT2D eigenvalue weighted by Gasteiger charge is -2.25. The number of fused-ring (bicyclic) bond motifs is 2. The van der Waals surface area contributed by atoms with E-state index in [1.807, 2.05) is 0 Å². The van der Waals surface area contributed by atoms with Crippen molar-refractivity contribution in [1.82, 2.24) is 0 Å². The molecule has 0 spiro atoms. The smallest absolute Gasteiger partial charge is 0.295 e. The topological polar surface area (TPSA) is 76.8 Å². The molecule has 1 aliphatic rings. The van der Waals surface area contributed by atoms with Crippen LogP contribution in [0.3, 0.4) is 0 Å². The second-order valence-electron chi connectivity index (χ2n) is 8.16. The Labute approximate surface area is 199 Å². The molecule has 0 bridgehead atoms. The first-order valence-corrected chi connectivity index (χ1v) is 10.9. The van der Waals surface area contributed by atoms with Crippen molar-refractivity contribution in [2.24, 2.45) is 0 Å². The van der Waals surface area contributed by atoms with Crippen LogP contribution in [0, 0.1) is 5.82 Å². The van der Waals surface area contributed by atoms with Gasteiger partial charge < -0.3 is 9.15 Å². The van der Waals surface area contributed by atoms with Gasteiger partial charge in [-0.2, -0.15) is 0 Å². The maximum absolute atomic E-state index is 13.9. The van der Waals surface area contributed by atoms with Crippen LogP contribution in [0.5, 0.6) is 5.75 Å². The molecule has 0 saturated heterocycles. The van der Waals surface area contributed by atoms with Crippen molar-refractivity contribution in [3.63, 3.8) is 0 Å². The largest absolute Gasteiger partial charge is 0.490 e. The molecular formula is C28H20FNO5. The molecular weight excluding hydrogens is 449 g/mol. The van der Waals surface area contributed by atoms with E-state index in [1.54, 1.807) is 54.6 Å². The number of carbonyl (C=O) groups is 2. The van der Waals surface area contributed by atoms with Crippen LogP contribution in [0.2, 0.25) is 0 Å². The molecule has 1 unspecified atom stereocenters. The van der Waals surface area contributed by atoms with Crippen LogP contribution < -0.4 is 15.1 Å². The van der Waals surface area contributed by atoms with Crippen molar-refractivity contribution < 1.29 is 23.1 Å². The lowest BCUT2D eigenvalue weighted by Crippen LogP contribution is -2.29. The molecule has 0 aliphatic carbocycles. The first-order chi connectivity index (χ1) is 16.9. The molecule has 1 aliphatic heterocycles. The number of ether oxygens (including phenoxy) is 1. The van der Waals surface area contributed by atoms with E-state index in [4.69, 9.17) is 9.15 Å². The Morgan fingerprint density at radius 3 is 2.46 bits per heavy atom. The molecule has 4 aromatic rings. The summed E-state index contributed by atoms with van der Waals surface area (Å²) in [6.45, 7) is 5.42. The highest BCUT2D eigenvalue weighted by Crippen LogP contribution is 2.41. The highest BCUT2D eigenvalue weighted by atomic mass is 19.1. The minimum absolute atomic E-state index is 0.0567. The van der Waals surface area contributed by atoms with Gasteiger partial charge in [-0.05, 0) is 67.1 Å². The highest BCUT2D eigenvalue weighted by Gasteiger charge is 2.43. The number of anilines is 1. The number of rotatable bonds is 6. The molecule has 1 atom stereocenters. The molecule has 0 radical (unpaired) electrons. The fourth-order valence-corrected chi connectivity index (χ4v) is 4.29. The van der Waals surface area contributed by atoms with Crippen molar-refractivity contribution in [2.75, 3.05) is 11.5 Å². The Hall–Kier alpha value is -4.52. The number of ketones is 1. The molecule has 5 rings (SSSR count). The lowest BCUT2D eigenvalue weighted by molar-refractivity contribution is 0.0970. The zero-order valence-electron chi connectivity index (χ0n) is 18.8. The maximum Gasteiger partial charge on any atom is 0.295 e. The SMILES string of the molecule is C=CCOc1ccc(C2c3c(oc4ccc(F)cc4c3=O)C(=O)N2c2ccc(C(C)=O)cc2)cc1. The van der Waals surface area contributed by atoms with Gasteiger partial charge in [0.2, 0.25) is 5.76 Å². The van der Waals surface area contributed by atoms with Crippen molar-refractivity contribution in [2.45, 2.75) is 13.0 Å². The minimum atomic E-state index is -0.821. The second-order valence-corrected chi connectivity index (χ2v) is 8.16. The second kappa shape index (κ2) is 8.68. The Morgan fingerprint density at radius 1 is 1.09 bits per heavy atom. The van der Waals surface area contributed by atoms with Crippen LogP contribution in [0.25, 0.3) is 11.0 Å². The number of amides is 1. The monoisotopic (exact) mass is 469 g/mol. The van der Waals surface area contributed by atoms with E-state index < -0.39 is 23.2 Å². The minimum Gasteiger partial charge on any atom is -0.490 e. The predicted molar refractivity (Wildman–Crippen MR) is 130 cm³/mol. The molecule has 0 saturated carbocycles. The van der Waals surface area contributed by atoms with E-state index in [9.17, 15) is 18.8 Å². The summed E-state index contributed by atoms with van der Waals surface area (Å²) in [5.41, 5.74) is 1.40. The van der Waals surface area contributed by atoms with Gasteiger partial charge in [0.25, 0.3) is 5.91 Å². The summed E-state index contributed by atoms with van der Waals surface area (Å²) in [5, 5.41) is 0.0567.